The Morgan fingerprint density at radius 2 is 2.35 bits per heavy atom. The number of aliphatic hydroxyl groups is 1. The number of likely N-dealkylation sites (N-methyl/N-ethyl adjacent to an activating group) is 1. The molecule has 0 fully saturated rings. The second kappa shape index (κ2) is 7.09. The fourth-order valence-electron chi connectivity index (χ4n) is 1.32. The van der Waals surface area contributed by atoms with Crippen molar-refractivity contribution in [3.63, 3.8) is 0 Å². The number of halogens is 1. The van der Waals surface area contributed by atoms with Crippen LogP contribution in [-0.4, -0.2) is 40.7 Å². The van der Waals surface area contributed by atoms with Crippen LogP contribution >= 0.6 is 11.6 Å². The molecule has 0 radical (unpaired) electrons. The molecule has 0 bridgehead atoms. The predicted molar refractivity (Wildman–Crippen MR) is 65.8 cm³/mol. The third-order valence-electron chi connectivity index (χ3n) is 2.27. The van der Waals surface area contributed by atoms with Crippen LogP contribution < -0.4 is 5.32 Å². The number of aliphatic hydroxyl groups excluding tert-OH is 1. The largest absolute Gasteiger partial charge is 0.395 e. The molecule has 0 aliphatic carbocycles. The van der Waals surface area contributed by atoms with Gasteiger partial charge in [0.25, 0.3) is 0 Å². The molecule has 1 aromatic rings. The van der Waals surface area contributed by atoms with Crippen molar-refractivity contribution in [2.45, 2.75) is 13.5 Å². The maximum atomic E-state index is 11.7. The molecule has 0 saturated carbocycles. The average Bonchev–Trinajstić information content (AvgIpc) is 2.35. The standard InChI is InChI=1S/C11H16ClN3O2/c1-2-15(5-6-16)11(17)14-8-9-3-4-10(12)13-7-9/h3-4,7,16H,2,5-6,8H2,1H3,(H,14,17). The molecule has 0 spiro atoms. The first kappa shape index (κ1) is 13.7. The highest BCUT2D eigenvalue weighted by Gasteiger charge is 2.09. The van der Waals surface area contributed by atoms with Gasteiger partial charge in [0.2, 0.25) is 0 Å². The van der Waals surface area contributed by atoms with Crippen LogP contribution in [0.5, 0.6) is 0 Å². The first-order valence-electron chi connectivity index (χ1n) is 5.41. The Balaban J connectivity index is 2.44. The van der Waals surface area contributed by atoms with Crippen LogP contribution in [-0.2, 0) is 6.54 Å². The van der Waals surface area contributed by atoms with Gasteiger partial charge in [-0.1, -0.05) is 17.7 Å². The van der Waals surface area contributed by atoms with E-state index in [-0.39, 0.29) is 12.6 Å². The van der Waals surface area contributed by atoms with Gasteiger partial charge in [-0.15, -0.1) is 0 Å². The van der Waals surface area contributed by atoms with Gasteiger partial charge in [0.1, 0.15) is 5.15 Å². The molecule has 0 atom stereocenters. The Kier molecular flexibility index (Phi) is 5.72. The Hall–Kier alpha value is -1.33. The lowest BCUT2D eigenvalue weighted by molar-refractivity contribution is 0.180. The summed E-state index contributed by atoms with van der Waals surface area (Å²) in [6.45, 7) is 3.11. The molecule has 2 N–H and O–H groups in total. The minimum Gasteiger partial charge on any atom is -0.395 e. The van der Waals surface area contributed by atoms with Crippen molar-refractivity contribution in [2.24, 2.45) is 0 Å². The minimum absolute atomic E-state index is 0.0379. The van der Waals surface area contributed by atoms with Gasteiger partial charge in [-0.2, -0.15) is 0 Å². The summed E-state index contributed by atoms with van der Waals surface area (Å²) >= 11 is 5.65. The molecule has 0 aliphatic rings. The van der Waals surface area contributed by atoms with Crippen LogP contribution in [0.25, 0.3) is 0 Å². The van der Waals surface area contributed by atoms with Gasteiger partial charge in [-0.3, -0.25) is 0 Å². The number of hydrogen-bond acceptors (Lipinski definition) is 3. The molecule has 0 unspecified atom stereocenters. The third kappa shape index (κ3) is 4.58. The Labute approximate surface area is 105 Å². The summed E-state index contributed by atoms with van der Waals surface area (Å²) in [5, 5.41) is 12.0. The first-order chi connectivity index (χ1) is 8.17. The Morgan fingerprint density at radius 3 is 2.88 bits per heavy atom. The van der Waals surface area contributed by atoms with Gasteiger partial charge in [0, 0.05) is 25.8 Å². The van der Waals surface area contributed by atoms with Gasteiger partial charge >= 0.3 is 6.03 Å². The van der Waals surface area contributed by atoms with Crippen molar-refractivity contribution in [2.75, 3.05) is 19.7 Å². The van der Waals surface area contributed by atoms with Crippen LogP contribution in [0.15, 0.2) is 18.3 Å². The minimum atomic E-state index is -0.198. The van der Waals surface area contributed by atoms with E-state index in [1.807, 2.05) is 6.92 Å². The molecule has 1 aromatic heterocycles. The number of urea groups is 1. The number of nitrogens with one attached hydrogen (secondary N) is 1. The molecule has 6 heteroatoms. The van der Waals surface area contributed by atoms with Crippen molar-refractivity contribution in [1.29, 1.82) is 0 Å². The van der Waals surface area contributed by atoms with E-state index in [9.17, 15) is 4.79 Å². The highest BCUT2D eigenvalue weighted by molar-refractivity contribution is 6.29. The maximum Gasteiger partial charge on any atom is 0.317 e. The summed E-state index contributed by atoms with van der Waals surface area (Å²) in [6, 6.07) is 3.28. The first-order valence-corrected chi connectivity index (χ1v) is 5.79. The van der Waals surface area contributed by atoms with Crippen LogP contribution in [0.2, 0.25) is 5.15 Å². The van der Waals surface area contributed by atoms with Crippen LogP contribution in [0.4, 0.5) is 4.79 Å². The normalized spacial score (nSPS) is 10.1. The summed E-state index contributed by atoms with van der Waals surface area (Å²) in [7, 11) is 0. The van der Waals surface area contributed by atoms with E-state index in [2.05, 4.69) is 10.3 Å². The van der Waals surface area contributed by atoms with E-state index in [0.717, 1.165) is 5.56 Å². The number of pyridine rings is 1. The van der Waals surface area contributed by atoms with Crippen molar-refractivity contribution in [3.8, 4) is 0 Å². The highest BCUT2D eigenvalue weighted by Crippen LogP contribution is 2.04. The van der Waals surface area contributed by atoms with E-state index in [1.54, 1.807) is 18.3 Å². The van der Waals surface area contributed by atoms with Crippen molar-refractivity contribution >= 4 is 17.6 Å². The quantitative estimate of drug-likeness (QED) is 0.781. The van der Waals surface area contributed by atoms with Crippen molar-refractivity contribution < 1.29 is 9.90 Å². The van der Waals surface area contributed by atoms with E-state index in [0.29, 0.717) is 24.8 Å². The van der Waals surface area contributed by atoms with E-state index in [4.69, 9.17) is 16.7 Å². The predicted octanol–water partition coefficient (Wildman–Crippen LogP) is 1.26. The van der Waals surface area contributed by atoms with Crippen LogP contribution in [0, 0.1) is 0 Å². The molecular weight excluding hydrogens is 242 g/mol. The SMILES string of the molecule is CCN(CCO)C(=O)NCc1ccc(Cl)nc1. The molecule has 0 saturated heterocycles. The van der Waals surface area contributed by atoms with Crippen LogP contribution in [0.1, 0.15) is 12.5 Å². The number of hydrogen-bond donors (Lipinski definition) is 2. The highest BCUT2D eigenvalue weighted by atomic mass is 35.5. The van der Waals surface area contributed by atoms with Crippen LogP contribution in [0.3, 0.4) is 0 Å². The molecule has 5 nitrogen and oxygen atoms in total. The smallest absolute Gasteiger partial charge is 0.317 e. The lowest BCUT2D eigenvalue weighted by Gasteiger charge is -2.20. The van der Waals surface area contributed by atoms with Gasteiger partial charge in [-0.25, -0.2) is 9.78 Å². The van der Waals surface area contributed by atoms with Gasteiger partial charge in [0.15, 0.2) is 0 Å². The number of carbonyl (C=O) groups is 1. The van der Waals surface area contributed by atoms with E-state index < -0.39 is 0 Å². The van der Waals surface area contributed by atoms with E-state index >= 15 is 0 Å². The third-order valence-corrected chi connectivity index (χ3v) is 2.49. The molecule has 17 heavy (non-hydrogen) atoms. The molecule has 1 heterocycles. The summed E-state index contributed by atoms with van der Waals surface area (Å²) in [4.78, 5) is 17.1. The summed E-state index contributed by atoms with van der Waals surface area (Å²) < 4.78 is 0. The van der Waals surface area contributed by atoms with Gasteiger partial charge < -0.3 is 15.3 Å². The summed E-state index contributed by atoms with van der Waals surface area (Å²) in [5.74, 6) is 0. The maximum absolute atomic E-state index is 11.7. The van der Waals surface area contributed by atoms with Gasteiger partial charge in [0.05, 0.1) is 6.61 Å². The van der Waals surface area contributed by atoms with Gasteiger partial charge in [-0.05, 0) is 18.6 Å². The summed E-state index contributed by atoms with van der Waals surface area (Å²) in [6.07, 6.45) is 1.62. The van der Waals surface area contributed by atoms with Crippen molar-refractivity contribution in [3.05, 3.63) is 29.0 Å². The molecule has 94 valence electrons. The van der Waals surface area contributed by atoms with E-state index in [1.165, 1.54) is 4.90 Å². The molecular formula is C11H16ClN3O2. The Bertz CT molecular complexity index is 356. The number of aromatic nitrogens is 1. The zero-order valence-electron chi connectivity index (χ0n) is 9.69. The van der Waals surface area contributed by atoms with Crippen molar-refractivity contribution in [1.82, 2.24) is 15.2 Å². The monoisotopic (exact) mass is 257 g/mol. The lowest BCUT2D eigenvalue weighted by Crippen LogP contribution is -2.41. The molecule has 0 aromatic carbocycles. The molecule has 1 rings (SSSR count). The Morgan fingerprint density at radius 1 is 1.59 bits per heavy atom. The summed E-state index contributed by atoms with van der Waals surface area (Å²) in [5.41, 5.74) is 0.878. The average molecular weight is 258 g/mol. The zero-order valence-corrected chi connectivity index (χ0v) is 10.4. The molecule has 0 aliphatic heterocycles. The second-order valence-electron chi connectivity index (χ2n) is 3.45. The number of amides is 2. The fraction of sp³-hybridized carbons (Fsp3) is 0.455. The second-order valence-corrected chi connectivity index (χ2v) is 3.84. The number of nitrogens with zero attached hydrogens (tertiary/aromatic N) is 2. The molecule has 2 amide bonds. The zero-order chi connectivity index (χ0) is 12.7. The topological polar surface area (TPSA) is 65.5 Å². The number of carbonyl (C=O) groups excluding carboxylic acids is 1. The fourth-order valence-corrected chi connectivity index (χ4v) is 1.44. The lowest BCUT2D eigenvalue weighted by atomic mass is 10.3. The number of rotatable bonds is 5.